The van der Waals surface area contributed by atoms with E-state index >= 15 is 0 Å². The Morgan fingerprint density at radius 2 is 2.26 bits per heavy atom. The number of aromatic hydroxyl groups is 1. The van der Waals surface area contributed by atoms with Gasteiger partial charge in [-0.2, -0.15) is 0 Å². The van der Waals surface area contributed by atoms with Gasteiger partial charge in [0.2, 0.25) is 5.91 Å². The molecule has 4 nitrogen and oxygen atoms in total. The van der Waals surface area contributed by atoms with Crippen LogP contribution in [0.2, 0.25) is 0 Å². The van der Waals surface area contributed by atoms with Crippen LogP contribution in [0.3, 0.4) is 0 Å². The number of amides is 1. The van der Waals surface area contributed by atoms with Crippen LogP contribution in [0.25, 0.3) is 0 Å². The van der Waals surface area contributed by atoms with E-state index < -0.39 is 0 Å². The SMILES string of the molecule is CN(Cc1ccccc1O)C(=O)CCC1CCNC1. The minimum absolute atomic E-state index is 0.148. The van der Waals surface area contributed by atoms with Crippen molar-refractivity contribution in [3.8, 4) is 5.75 Å². The largest absolute Gasteiger partial charge is 0.508 e. The number of hydrogen-bond donors (Lipinski definition) is 2. The van der Waals surface area contributed by atoms with Crippen molar-refractivity contribution >= 4 is 5.91 Å². The van der Waals surface area contributed by atoms with Gasteiger partial charge in [-0.1, -0.05) is 18.2 Å². The van der Waals surface area contributed by atoms with Crippen molar-refractivity contribution in [1.29, 1.82) is 0 Å². The lowest BCUT2D eigenvalue weighted by molar-refractivity contribution is -0.130. The summed E-state index contributed by atoms with van der Waals surface area (Å²) in [5.74, 6) is 1.04. The minimum Gasteiger partial charge on any atom is -0.508 e. The molecule has 0 aliphatic carbocycles. The third-order valence-corrected chi connectivity index (χ3v) is 3.75. The maximum Gasteiger partial charge on any atom is 0.222 e. The Kier molecular flexibility index (Phi) is 4.80. The van der Waals surface area contributed by atoms with Gasteiger partial charge in [-0.15, -0.1) is 0 Å². The topological polar surface area (TPSA) is 52.6 Å². The molecule has 1 aliphatic heterocycles. The Balaban J connectivity index is 1.80. The molecular formula is C15H22N2O2. The number of nitrogens with one attached hydrogen (secondary N) is 1. The predicted molar refractivity (Wildman–Crippen MR) is 74.8 cm³/mol. The fraction of sp³-hybridized carbons (Fsp3) is 0.533. The highest BCUT2D eigenvalue weighted by molar-refractivity contribution is 5.75. The summed E-state index contributed by atoms with van der Waals surface area (Å²) in [6.07, 6.45) is 2.73. The lowest BCUT2D eigenvalue weighted by atomic mass is 10.0. The number of carbonyl (C=O) groups is 1. The molecule has 0 spiro atoms. The van der Waals surface area contributed by atoms with Crippen molar-refractivity contribution < 1.29 is 9.90 Å². The maximum absolute atomic E-state index is 12.0. The fourth-order valence-electron chi connectivity index (χ4n) is 2.47. The van der Waals surface area contributed by atoms with Crippen LogP contribution in [0.15, 0.2) is 24.3 Å². The third kappa shape index (κ3) is 3.96. The van der Waals surface area contributed by atoms with E-state index in [0.717, 1.165) is 25.1 Å². The lowest BCUT2D eigenvalue weighted by Gasteiger charge is -2.18. The van der Waals surface area contributed by atoms with Crippen molar-refractivity contribution in [2.75, 3.05) is 20.1 Å². The second kappa shape index (κ2) is 6.57. The summed E-state index contributed by atoms with van der Waals surface area (Å²) in [7, 11) is 1.79. The van der Waals surface area contributed by atoms with Gasteiger partial charge in [0.15, 0.2) is 0 Å². The average molecular weight is 262 g/mol. The van der Waals surface area contributed by atoms with Crippen LogP contribution in [-0.2, 0) is 11.3 Å². The van der Waals surface area contributed by atoms with Crippen LogP contribution in [0, 0.1) is 5.92 Å². The molecule has 1 fully saturated rings. The Morgan fingerprint density at radius 3 is 2.95 bits per heavy atom. The molecule has 104 valence electrons. The first kappa shape index (κ1) is 13.9. The Labute approximate surface area is 114 Å². The summed E-state index contributed by atoms with van der Waals surface area (Å²) in [5, 5.41) is 13.0. The number of hydrogen-bond acceptors (Lipinski definition) is 3. The predicted octanol–water partition coefficient (Wildman–Crippen LogP) is 1.74. The van der Waals surface area contributed by atoms with E-state index in [1.165, 1.54) is 6.42 Å². The minimum atomic E-state index is 0.148. The van der Waals surface area contributed by atoms with Crippen molar-refractivity contribution in [1.82, 2.24) is 10.2 Å². The first-order chi connectivity index (χ1) is 9.16. The Bertz CT molecular complexity index is 428. The molecule has 1 saturated heterocycles. The first-order valence-corrected chi connectivity index (χ1v) is 6.88. The number of benzene rings is 1. The molecule has 1 unspecified atom stereocenters. The molecule has 0 radical (unpaired) electrons. The monoisotopic (exact) mass is 262 g/mol. The van der Waals surface area contributed by atoms with Gasteiger partial charge in [-0.05, 0) is 37.9 Å². The molecule has 1 amide bonds. The average Bonchev–Trinajstić information content (AvgIpc) is 2.91. The maximum atomic E-state index is 12.0. The van der Waals surface area contributed by atoms with E-state index in [1.54, 1.807) is 24.1 Å². The molecule has 0 bridgehead atoms. The zero-order valence-corrected chi connectivity index (χ0v) is 11.4. The van der Waals surface area contributed by atoms with E-state index in [9.17, 15) is 9.90 Å². The normalized spacial score (nSPS) is 18.5. The van der Waals surface area contributed by atoms with E-state index in [1.807, 2.05) is 12.1 Å². The Hall–Kier alpha value is -1.55. The van der Waals surface area contributed by atoms with Crippen molar-refractivity contribution in [2.45, 2.75) is 25.8 Å². The zero-order chi connectivity index (χ0) is 13.7. The van der Waals surface area contributed by atoms with Crippen LogP contribution in [0.5, 0.6) is 5.75 Å². The van der Waals surface area contributed by atoms with E-state index in [4.69, 9.17) is 0 Å². The number of phenolic OH excluding ortho intramolecular Hbond substituents is 1. The number of carbonyl (C=O) groups excluding carboxylic acids is 1. The number of rotatable bonds is 5. The number of para-hydroxylation sites is 1. The molecule has 1 heterocycles. The molecule has 2 N–H and O–H groups in total. The number of phenols is 1. The number of nitrogens with zero attached hydrogens (tertiary/aromatic N) is 1. The summed E-state index contributed by atoms with van der Waals surface area (Å²) in [5.41, 5.74) is 0.792. The van der Waals surface area contributed by atoms with Gasteiger partial charge in [0.05, 0.1) is 0 Å². The summed E-state index contributed by atoms with van der Waals surface area (Å²) in [6, 6.07) is 7.16. The van der Waals surface area contributed by atoms with E-state index in [2.05, 4.69) is 5.32 Å². The standard InChI is InChI=1S/C15H22N2O2/c1-17(11-13-4-2-3-5-14(13)18)15(19)7-6-12-8-9-16-10-12/h2-5,12,16,18H,6-11H2,1H3. The van der Waals surface area contributed by atoms with Crippen molar-refractivity contribution in [3.63, 3.8) is 0 Å². The van der Waals surface area contributed by atoms with E-state index in [-0.39, 0.29) is 11.7 Å². The van der Waals surface area contributed by atoms with Gasteiger partial charge in [-0.25, -0.2) is 0 Å². The molecule has 19 heavy (non-hydrogen) atoms. The molecule has 1 aromatic carbocycles. The van der Waals surface area contributed by atoms with Gasteiger partial charge in [0.1, 0.15) is 5.75 Å². The lowest BCUT2D eigenvalue weighted by Crippen LogP contribution is -2.26. The van der Waals surface area contributed by atoms with E-state index in [0.29, 0.717) is 18.9 Å². The molecule has 4 heteroatoms. The molecule has 1 atom stereocenters. The third-order valence-electron chi connectivity index (χ3n) is 3.75. The van der Waals surface area contributed by atoms with Crippen molar-refractivity contribution in [3.05, 3.63) is 29.8 Å². The second-order valence-corrected chi connectivity index (χ2v) is 5.28. The van der Waals surface area contributed by atoms with Gasteiger partial charge >= 0.3 is 0 Å². The molecular weight excluding hydrogens is 240 g/mol. The zero-order valence-electron chi connectivity index (χ0n) is 11.4. The van der Waals surface area contributed by atoms with Gasteiger partial charge in [-0.3, -0.25) is 4.79 Å². The highest BCUT2D eigenvalue weighted by Gasteiger charge is 2.17. The highest BCUT2D eigenvalue weighted by Crippen LogP contribution is 2.19. The molecule has 0 aromatic heterocycles. The highest BCUT2D eigenvalue weighted by atomic mass is 16.3. The summed E-state index contributed by atoms with van der Waals surface area (Å²) < 4.78 is 0. The van der Waals surface area contributed by atoms with Crippen molar-refractivity contribution in [2.24, 2.45) is 5.92 Å². The van der Waals surface area contributed by atoms with Gasteiger partial charge < -0.3 is 15.3 Å². The van der Waals surface area contributed by atoms with Gasteiger partial charge in [0, 0.05) is 25.6 Å². The summed E-state index contributed by atoms with van der Waals surface area (Å²) >= 11 is 0. The van der Waals surface area contributed by atoms with Crippen LogP contribution in [0.1, 0.15) is 24.8 Å². The molecule has 0 saturated carbocycles. The fourth-order valence-corrected chi connectivity index (χ4v) is 2.47. The first-order valence-electron chi connectivity index (χ1n) is 6.88. The van der Waals surface area contributed by atoms with Crippen LogP contribution in [0.4, 0.5) is 0 Å². The Morgan fingerprint density at radius 1 is 1.47 bits per heavy atom. The molecule has 1 aromatic rings. The van der Waals surface area contributed by atoms with Crippen LogP contribution >= 0.6 is 0 Å². The van der Waals surface area contributed by atoms with Gasteiger partial charge in [0.25, 0.3) is 0 Å². The summed E-state index contributed by atoms with van der Waals surface area (Å²) in [6.45, 7) is 2.58. The second-order valence-electron chi connectivity index (χ2n) is 5.28. The molecule has 1 aliphatic rings. The molecule has 2 rings (SSSR count). The van der Waals surface area contributed by atoms with Crippen LogP contribution < -0.4 is 5.32 Å². The smallest absolute Gasteiger partial charge is 0.222 e. The quantitative estimate of drug-likeness (QED) is 0.850. The van der Waals surface area contributed by atoms with Crippen LogP contribution in [-0.4, -0.2) is 36.1 Å². The summed E-state index contributed by atoms with van der Waals surface area (Å²) in [4.78, 5) is 13.7.